The van der Waals surface area contributed by atoms with Gasteiger partial charge in [-0.15, -0.1) is 0 Å². The van der Waals surface area contributed by atoms with Gasteiger partial charge in [0.25, 0.3) is 0 Å². The van der Waals surface area contributed by atoms with E-state index in [2.05, 4.69) is 39.2 Å². The number of amides is 1. The van der Waals surface area contributed by atoms with Crippen molar-refractivity contribution >= 4 is 26.2 Å². The smallest absolute Gasteiger partial charge is 0.413 e. The van der Waals surface area contributed by atoms with Crippen LogP contribution >= 0.6 is 0 Å². The van der Waals surface area contributed by atoms with Crippen LogP contribution in [-0.4, -0.2) is 51.1 Å². The SMILES string of the molecule is CC(=O)OCC(CO[Si](C)(C)C(C)(C)C)Oc1ccc(C(=N)NC(=O)OC(C)(C)C)cc1. The van der Waals surface area contributed by atoms with E-state index in [1.807, 2.05) is 0 Å². The molecule has 0 bridgehead atoms. The zero-order chi connectivity index (χ0) is 24.7. The number of carbonyl (C=O) groups excluding carboxylic acids is 2. The molecule has 0 radical (unpaired) electrons. The van der Waals surface area contributed by atoms with Crippen LogP contribution in [0.3, 0.4) is 0 Å². The Morgan fingerprint density at radius 1 is 1.03 bits per heavy atom. The molecule has 0 aromatic heterocycles. The number of esters is 1. The minimum absolute atomic E-state index is 0.0438. The second-order valence-electron chi connectivity index (χ2n) is 10.1. The van der Waals surface area contributed by atoms with Crippen molar-refractivity contribution < 1.29 is 28.2 Å². The van der Waals surface area contributed by atoms with Crippen molar-refractivity contribution in [3.05, 3.63) is 29.8 Å². The van der Waals surface area contributed by atoms with Gasteiger partial charge in [-0.05, 0) is 63.2 Å². The minimum atomic E-state index is -2.00. The molecule has 0 saturated heterocycles. The van der Waals surface area contributed by atoms with Crippen LogP contribution < -0.4 is 10.1 Å². The third kappa shape index (κ3) is 9.82. The highest BCUT2D eigenvalue weighted by molar-refractivity contribution is 6.74. The van der Waals surface area contributed by atoms with E-state index in [4.69, 9.17) is 24.0 Å². The molecule has 0 heterocycles. The summed E-state index contributed by atoms with van der Waals surface area (Å²) in [6, 6.07) is 6.70. The molecule has 0 spiro atoms. The normalized spacial score (nSPS) is 13.2. The van der Waals surface area contributed by atoms with Crippen LogP contribution in [0.4, 0.5) is 4.79 Å². The number of ether oxygens (including phenoxy) is 3. The minimum Gasteiger partial charge on any atom is -0.484 e. The Morgan fingerprint density at radius 2 is 1.59 bits per heavy atom. The molecule has 8 nitrogen and oxygen atoms in total. The van der Waals surface area contributed by atoms with E-state index in [-0.39, 0.29) is 23.5 Å². The van der Waals surface area contributed by atoms with Gasteiger partial charge in [0.05, 0.1) is 6.61 Å². The maximum absolute atomic E-state index is 11.9. The number of carbonyl (C=O) groups is 2. The highest BCUT2D eigenvalue weighted by Gasteiger charge is 2.38. The Hall–Kier alpha value is -2.39. The van der Waals surface area contributed by atoms with Gasteiger partial charge < -0.3 is 18.6 Å². The number of amidine groups is 1. The summed E-state index contributed by atoms with van der Waals surface area (Å²) in [4.78, 5) is 23.1. The third-order valence-corrected chi connectivity index (χ3v) is 9.48. The van der Waals surface area contributed by atoms with Gasteiger partial charge in [0.15, 0.2) is 14.4 Å². The van der Waals surface area contributed by atoms with E-state index in [0.29, 0.717) is 17.9 Å². The monoisotopic (exact) mass is 466 g/mol. The molecule has 0 saturated carbocycles. The first-order chi connectivity index (χ1) is 14.5. The molecule has 180 valence electrons. The van der Waals surface area contributed by atoms with Crippen LogP contribution in [0, 0.1) is 5.41 Å². The average Bonchev–Trinajstić information content (AvgIpc) is 2.61. The first kappa shape index (κ1) is 27.6. The lowest BCUT2D eigenvalue weighted by Gasteiger charge is -2.37. The van der Waals surface area contributed by atoms with Crippen LogP contribution in [0.25, 0.3) is 0 Å². The molecule has 1 amide bonds. The van der Waals surface area contributed by atoms with Gasteiger partial charge in [-0.3, -0.25) is 15.5 Å². The summed E-state index contributed by atoms with van der Waals surface area (Å²) in [5.74, 6) is 0.0706. The number of hydrogen-bond donors (Lipinski definition) is 2. The largest absolute Gasteiger partial charge is 0.484 e. The Morgan fingerprint density at radius 3 is 2.06 bits per heavy atom. The van der Waals surface area contributed by atoms with Crippen LogP contribution in [-0.2, 0) is 18.7 Å². The molecule has 1 unspecified atom stereocenters. The quantitative estimate of drug-likeness (QED) is 0.245. The number of rotatable bonds is 8. The van der Waals surface area contributed by atoms with Crippen LogP contribution in [0.15, 0.2) is 24.3 Å². The van der Waals surface area contributed by atoms with E-state index in [1.54, 1.807) is 45.0 Å². The average molecular weight is 467 g/mol. The van der Waals surface area contributed by atoms with Crippen molar-refractivity contribution in [2.45, 2.75) is 78.3 Å². The van der Waals surface area contributed by atoms with Crippen LogP contribution in [0.2, 0.25) is 18.1 Å². The van der Waals surface area contributed by atoms with Crippen molar-refractivity contribution in [2.75, 3.05) is 13.2 Å². The van der Waals surface area contributed by atoms with E-state index in [1.165, 1.54) is 6.92 Å². The van der Waals surface area contributed by atoms with Crippen LogP contribution in [0.5, 0.6) is 5.75 Å². The van der Waals surface area contributed by atoms with Crippen molar-refractivity contribution in [1.82, 2.24) is 5.32 Å². The summed E-state index contributed by atoms with van der Waals surface area (Å²) in [6.45, 7) is 17.7. The molecule has 0 aliphatic heterocycles. The first-order valence-electron chi connectivity index (χ1n) is 10.6. The zero-order valence-corrected chi connectivity index (χ0v) is 21.8. The summed E-state index contributed by atoms with van der Waals surface area (Å²) >= 11 is 0. The van der Waals surface area contributed by atoms with Crippen molar-refractivity contribution in [1.29, 1.82) is 5.41 Å². The maximum atomic E-state index is 11.9. The molecule has 0 aliphatic rings. The summed E-state index contributed by atoms with van der Waals surface area (Å²) in [6.07, 6.45) is -1.16. The van der Waals surface area contributed by atoms with Crippen molar-refractivity contribution in [3.8, 4) is 5.75 Å². The number of hydrogen-bond acceptors (Lipinski definition) is 7. The molecule has 0 fully saturated rings. The summed E-state index contributed by atoms with van der Waals surface area (Å²) in [5, 5.41) is 10.5. The lowest BCUT2D eigenvalue weighted by Crippen LogP contribution is -2.44. The summed E-state index contributed by atoms with van der Waals surface area (Å²) in [7, 11) is -2.00. The summed E-state index contributed by atoms with van der Waals surface area (Å²) in [5.41, 5.74) is -0.150. The maximum Gasteiger partial charge on any atom is 0.413 e. The van der Waals surface area contributed by atoms with Gasteiger partial charge in [0.2, 0.25) is 0 Å². The van der Waals surface area contributed by atoms with Gasteiger partial charge in [-0.2, -0.15) is 0 Å². The Kier molecular flexibility index (Phi) is 9.46. The second kappa shape index (κ2) is 11.0. The third-order valence-electron chi connectivity index (χ3n) is 4.98. The molecule has 9 heteroatoms. The topological polar surface area (TPSA) is 107 Å². The van der Waals surface area contributed by atoms with Crippen molar-refractivity contribution in [2.24, 2.45) is 0 Å². The van der Waals surface area contributed by atoms with E-state index in [9.17, 15) is 9.59 Å². The van der Waals surface area contributed by atoms with E-state index >= 15 is 0 Å². The van der Waals surface area contributed by atoms with E-state index in [0.717, 1.165) is 0 Å². The number of alkyl carbamates (subject to hydrolysis) is 1. The van der Waals surface area contributed by atoms with E-state index < -0.39 is 26.1 Å². The van der Waals surface area contributed by atoms with Gasteiger partial charge in [-0.1, -0.05) is 20.8 Å². The Bertz CT molecular complexity index is 794. The molecule has 1 atom stereocenters. The molecule has 0 aliphatic carbocycles. The predicted molar refractivity (Wildman–Crippen MR) is 127 cm³/mol. The molecule has 32 heavy (non-hydrogen) atoms. The molecular weight excluding hydrogens is 428 g/mol. The predicted octanol–water partition coefficient (Wildman–Crippen LogP) is 4.87. The number of benzene rings is 1. The molecule has 1 aromatic rings. The second-order valence-corrected chi connectivity index (χ2v) is 14.9. The standard InChI is InChI=1S/C23H38N2O6Si/c1-16(26)28-14-19(15-29-32(8,9)23(5,6)7)30-18-12-10-17(11-13-18)20(24)25-21(27)31-22(2,3)4/h10-13,19H,14-15H2,1-9H3,(H2,24,25,27). The fourth-order valence-corrected chi connectivity index (χ4v) is 3.25. The van der Waals surface area contributed by atoms with Crippen LogP contribution in [0.1, 0.15) is 54.0 Å². The van der Waals surface area contributed by atoms with Gasteiger partial charge in [0, 0.05) is 12.5 Å². The summed E-state index contributed by atoms with van der Waals surface area (Å²) < 4.78 is 22.5. The van der Waals surface area contributed by atoms with Gasteiger partial charge in [-0.25, -0.2) is 4.79 Å². The highest BCUT2D eigenvalue weighted by atomic mass is 28.4. The Balaban J connectivity index is 2.80. The fraction of sp³-hybridized carbons (Fsp3) is 0.609. The highest BCUT2D eigenvalue weighted by Crippen LogP contribution is 2.36. The molecule has 1 aromatic carbocycles. The van der Waals surface area contributed by atoms with Gasteiger partial charge in [0.1, 0.15) is 23.8 Å². The van der Waals surface area contributed by atoms with Crippen molar-refractivity contribution in [3.63, 3.8) is 0 Å². The zero-order valence-electron chi connectivity index (χ0n) is 20.8. The fourth-order valence-electron chi connectivity index (χ4n) is 2.21. The number of nitrogens with one attached hydrogen (secondary N) is 2. The first-order valence-corrected chi connectivity index (χ1v) is 13.5. The molecule has 2 N–H and O–H groups in total. The molecule has 1 rings (SSSR count). The van der Waals surface area contributed by atoms with Gasteiger partial charge >= 0.3 is 12.1 Å². The lowest BCUT2D eigenvalue weighted by molar-refractivity contribution is -0.143. The Labute approximate surface area is 192 Å². The lowest BCUT2D eigenvalue weighted by atomic mass is 10.2. The molecular formula is C23H38N2O6Si.